The molecule has 0 fully saturated rings. The Morgan fingerprint density at radius 1 is 1.38 bits per heavy atom. The fourth-order valence-electron chi connectivity index (χ4n) is 1.82. The zero-order valence-electron chi connectivity index (χ0n) is 12.4. The Balaban J connectivity index is 2.19. The zero-order chi connectivity index (χ0) is 15.4. The van der Waals surface area contributed by atoms with Crippen LogP contribution in [0.3, 0.4) is 0 Å². The van der Waals surface area contributed by atoms with E-state index in [-0.39, 0.29) is 18.6 Å². The van der Waals surface area contributed by atoms with Gasteiger partial charge in [0.05, 0.1) is 25.4 Å². The van der Waals surface area contributed by atoms with Crippen LogP contribution in [0.2, 0.25) is 0 Å². The largest absolute Gasteiger partial charge is 0.497 e. The van der Waals surface area contributed by atoms with Crippen molar-refractivity contribution in [2.75, 3.05) is 20.8 Å². The molecule has 1 aromatic carbocycles. The normalized spacial score (nSPS) is 12.0. The number of aromatic nitrogens is 2. The van der Waals surface area contributed by atoms with Crippen molar-refractivity contribution in [2.24, 2.45) is 0 Å². The van der Waals surface area contributed by atoms with Crippen molar-refractivity contribution in [3.8, 4) is 11.4 Å². The van der Waals surface area contributed by atoms with Crippen LogP contribution in [0.5, 0.6) is 5.75 Å². The Bertz CT molecular complexity index is 607. The fraction of sp³-hybridized carbons (Fsp3) is 0.333. The van der Waals surface area contributed by atoms with Gasteiger partial charge in [-0.15, -0.1) is 0 Å². The Morgan fingerprint density at radius 3 is 2.62 bits per heavy atom. The lowest BCUT2D eigenvalue weighted by atomic mass is 10.3. The third-order valence-corrected chi connectivity index (χ3v) is 3.39. The predicted molar refractivity (Wildman–Crippen MR) is 78.8 cm³/mol. The molecule has 6 nitrogen and oxygen atoms in total. The molecule has 112 valence electrons. The number of aliphatic hydroxyl groups is 1. The molecule has 1 N–H and O–H groups in total. The topological polar surface area (TPSA) is 67.6 Å². The third kappa shape index (κ3) is 3.22. The number of likely N-dealkylation sites (N-methyl/N-ethyl adjacent to an activating group) is 1. The van der Waals surface area contributed by atoms with Gasteiger partial charge in [0, 0.05) is 13.2 Å². The van der Waals surface area contributed by atoms with Crippen LogP contribution in [0.15, 0.2) is 36.5 Å². The van der Waals surface area contributed by atoms with Gasteiger partial charge in [0.2, 0.25) is 0 Å². The molecule has 0 saturated carbocycles. The van der Waals surface area contributed by atoms with Crippen LogP contribution >= 0.6 is 0 Å². The number of benzene rings is 1. The minimum atomic E-state index is -0.247. The van der Waals surface area contributed by atoms with Crippen LogP contribution in [0.25, 0.3) is 5.69 Å². The van der Waals surface area contributed by atoms with E-state index in [4.69, 9.17) is 9.84 Å². The number of carbonyl (C=O) groups excluding carboxylic acids is 1. The summed E-state index contributed by atoms with van der Waals surface area (Å²) < 4.78 is 6.73. The second kappa shape index (κ2) is 6.41. The van der Waals surface area contributed by atoms with Gasteiger partial charge in [0.1, 0.15) is 5.75 Å². The van der Waals surface area contributed by atoms with E-state index in [1.807, 2.05) is 24.3 Å². The number of ether oxygens (including phenoxy) is 1. The maximum atomic E-state index is 12.2. The molecule has 0 aliphatic heterocycles. The minimum Gasteiger partial charge on any atom is -0.497 e. The molecule has 1 aromatic heterocycles. The Hall–Kier alpha value is -2.34. The van der Waals surface area contributed by atoms with Crippen molar-refractivity contribution in [3.63, 3.8) is 0 Å². The first-order chi connectivity index (χ1) is 10.1. The summed E-state index contributed by atoms with van der Waals surface area (Å²) in [6, 6.07) is 8.80. The first-order valence-electron chi connectivity index (χ1n) is 6.65. The highest BCUT2D eigenvalue weighted by Gasteiger charge is 2.19. The van der Waals surface area contributed by atoms with E-state index in [2.05, 4.69) is 5.10 Å². The summed E-state index contributed by atoms with van der Waals surface area (Å²) in [7, 11) is 3.26. The minimum absolute atomic E-state index is 0.0819. The van der Waals surface area contributed by atoms with Crippen LogP contribution in [-0.4, -0.2) is 52.5 Å². The summed E-state index contributed by atoms with van der Waals surface area (Å²) >= 11 is 0. The van der Waals surface area contributed by atoms with Gasteiger partial charge in [-0.1, -0.05) is 0 Å². The van der Waals surface area contributed by atoms with E-state index in [0.717, 1.165) is 11.4 Å². The Labute approximate surface area is 123 Å². The molecule has 1 atom stereocenters. The number of hydrogen-bond acceptors (Lipinski definition) is 4. The standard InChI is InChI=1S/C15H19N3O3/c1-11(10-19)17(2)15(20)14-8-9-18(16-14)12-4-6-13(21-3)7-5-12/h4-9,11,19H,10H2,1-3H3. The molecular weight excluding hydrogens is 270 g/mol. The van der Waals surface area contributed by atoms with Crippen molar-refractivity contribution >= 4 is 5.91 Å². The fourth-order valence-corrected chi connectivity index (χ4v) is 1.82. The smallest absolute Gasteiger partial charge is 0.274 e. The lowest BCUT2D eigenvalue weighted by Gasteiger charge is -2.21. The van der Waals surface area contributed by atoms with E-state index in [9.17, 15) is 4.79 Å². The van der Waals surface area contributed by atoms with Crippen molar-refractivity contribution in [1.82, 2.24) is 14.7 Å². The van der Waals surface area contributed by atoms with Crippen molar-refractivity contribution < 1.29 is 14.6 Å². The molecular formula is C15H19N3O3. The molecule has 1 amide bonds. The number of amides is 1. The molecule has 0 aliphatic rings. The van der Waals surface area contributed by atoms with Crippen LogP contribution in [0, 0.1) is 0 Å². The number of carbonyl (C=O) groups is 1. The zero-order valence-corrected chi connectivity index (χ0v) is 12.4. The predicted octanol–water partition coefficient (Wildman–Crippen LogP) is 1.33. The SMILES string of the molecule is COc1ccc(-n2ccc(C(=O)N(C)C(C)CO)n2)cc1. The number of hydrogen-bond donors (Lipinski definition) is 1. The van der Waals surface area contributed by atoms with E-state index >= 15 is 0 Å². The number of nitrogens with zero attached hydrogens (tertiary/aromatic N) is 3. The monoisotopic (exact) mass is 289 g/mol. The van der Waals surface area contributed by atoms with Crippen molar-refractivity contribution in [3.05, 3.63) is 42.2 Å². The maximum absolute atomic E-state index is 12.2. The van der Waals surface area contributed by atoms with Gasteiger partial charge in [-0.3, -0.25) is 4.79 Å². The van der Waals surface area contributed by atoms with Gasteiger partial charge in [-0.25, -0.2) is 4.68 Å². The molecule has 1 heterocycles. The molecule has 6 heteroatoms. The molecule has 21 heavy (non-hydrogen) atoms. The van der Waals surface area contributed by atoms with Gasteiger partial charge < -0.3 is 14.7 Å². The summed E-state index contributed by atoms with van der Waals surface area (Å²) in [5.41, 5.74) is 1.18. The number of aliphatic hydroxyl groups excluding tert-OH is 1. The second-order valence-corrected chi connectivity index (χ2v) is 4.79. The van der Waals surface area contributed by atoms with E-state index < -0.39 is 0 Å². The van der Waals surface area contributed by atoms with E-state index in [0.29, 0.717) is 5.69 Å². The first-order valence-corrected chi connectivity index (χ1v) is 6.65. The highest BCUT2D eigenvalue weighted by atomic mass is 16.5. The van der Waals surface area contributed by atoms with Crippen LogP contribution in [0.1, 0.15) is 17.4 Å². The van der Waals surface area contributed by atoms with Gasteiger partial charge >= 0.3 is 0 Å². The quantitative estimate of drug-likeness (QED) is 0.902. The Morgan fingerprint density at radius 2 is 2.05 bits per heavy atom. The second-order valence-electron chi connectivity index (χ2n) is 4.79. The average molecular weight is 289 g/mol. The molecule has 1 unspecified atom stereocenters. The highest BCUT2D eigenvalue weighted by molar-refractivity contribution is 5.92. The van der Waals surface area contributed by atoms with Gasteiger partial charge in [-0.2, -0.15) is 5.10 Å². The average Bonchev–Trinajstić information content (AvgIpc) is 3.02. The van der Waals surface area contributed by atoms with E-state index in [1.165, 1.54) is 4.90 Å². The summed E-state index contributed by atoms with van der Waals surface area (Å²) in [5, 5.41) is 13.4. The molecule has 2 aromatic rings. The van der Waals surface area contributed by atoms with Gasteiger partial charge in [0.25, 0.3) is 5.91 Å². The number of methoxy groups -OCH3 is 1. The first kappa shape index (κ1) is 15.1. The van der Waals surface area contributed by atoms with Gasteiger partial charge in [0.15, 0.2) is 5.69 Å². The maximum Gasteiger partial charge on any atom is 0.274 e. The lowest BCUT2D eigenvalue weighted by molar-refractivity contribution is 0.0676. The van der Waals surface area contributed by atoms with Crippen LogP contribution in [0.4, 0.5) is 0 Å². The molecule has 0 radical (unpaired) electrons. The van der Waals surface area contributed by atoms with Gasteiger partial charge in [-0.05, 0) is 37.3 Å². The highest BCUT2D eigenvalue weighted by Crippen LogP contribution is 2.15. The third-order valence-electron chi connectivity index (χ3n) is 3.39. The molecule has 2 rings (SSSR count). The van der Waals surface area contributed by atoms with Crippen LogP contribution < -0.4 is 4.74 Å². The summed E-state index contributed by atoms with van der Waals surface area (Å²) in [6.07, 6.45) is 1.73. The van der Waals surface area contributed by atoms with E-state index in [1.54, 1.807) is 38.0 Å². The summed E-state index contributed by atoms with van der Waals surface area (Å²) in [5.74, 6) is 0.544. The van der Waals surface area contributed by atoms with Crippen molar-refractivity contribution in [1.29, 1.82) is 0 Å². The molecule has 0 bridgehead atoms. The summed E-state index contributed by atoms with van der Waals surface area (Å²) in [4.78, 5) is 13.7. The molecule has 0 spiro atoms. The van der Waals surface area contributed by atoms with Crippen LogP contribution in [-0.2, 0) is 0 Å². The molecule has 0 aliphatic carbocycles. The lowest BCUT2D eigenvalue weighted by Crippen LogP contribution is -2.37. The summed E-state index contributed by atoms with van der Waals surface area (Å²) in [6.45, 7) is 1.69. The number of rotatable bonds is 5. The molecule has 0 saturated heterocycles. The van der Waals surface area contributed by atoms with Crippen molar-refractivity contribution in [2.45, 2.75) is 13.0 Å². The Kier molecular flexibility index (Phi) is 4.59.